The van der Waals surface area contributed by atoms with E-state index >= 15 is 0 Å². The molecule has 102 valence electrons. The Hall–Kier alpha value is -1.10. The van der Waals surface area contributed by atoms with Crippen molar-refractivity contribution in [1.29, 1.82) is 0 Å². The number of methoxy groups -OCH3 is 1. The highest BCUT2D eigenvalue weighted by Gasteiger charge is 2.38. The van der Waals surface area contributed by atoms with Crippen LogP contribution in [0.5, 0.6) is 0 Å². The zero-order valence-electron chi connectivity index (χ0n) is 11.1. The van der Waals surface area contributed by atoms with Gasteiger partial charge in [-0.2, -0.15) is 0 Å². The van der Waals surface area contributed by atoms with E-state index in [1.807, 2.05) is 0 Å². The fourth-order valence-corrected chi connectivity index (χ4v) is 3.07. The highest BCUT2D eigenvalue weighted by molar-refractivity contribution is 5.87. The molecule has 1 saturated heterocycles. The topological polar surface area (TPSA) is 67.4 Å². The molecule has 5 nitrogen and oxygen atoms in total. The fraction of sp³-hybridized carbons (Fsp3) is 0.846. The summed E-state index contributed by atoms with van der Waals surface area (Å²) in [5, 5.41) is 6.10. The van der Waals surface area contributed by atoms with E-state index in [2.05, 4.69) is 15.4 Å². The molecule has 5 heteroatoms. The smallest absolute Gasteiger partial charge is 0.328 e. The standard InChI is InChI=1S/C13H22N2O3/c1-8(13(17)18-2)14-12(16)11-7-9-5-3-4-6-10(9)15-11/h8-11,15H,3-7H2,1-2H3,(H,14,16)/t8-,9?,10?,11?/m1/s1. The number of carbonyl (C=O) groups excluding carboxylic acids is 2. The van der Waals surface area contributed by atoms with Gasteiger partial charge in [0.05, 0.1) is 13.2 Å². The lowest BCUT2D eigenvalue weighted by atomic mass is 9.85. The second kappa shape index (κ2) is 5.69. The molecular weight excluding hydrogens is 232 g/mol. The monoisotopic (exact) mass is 254 g/mol. The van der Waals surface area contributed by atoms with E-state index < -0.39 is 12.0 Å². The van der Waals surface area contributed by atoms with Gasteiger partial charge in [-0.1, -0.05) is 12.8 Å². The van der Waals surface area contributed by atoms with Crippen molar-refractivity contribution in [2.24, 2.45) is 5.92 Å². The van der Waals surface area contributed by atoms with Gasteiger partial charge in [0.1, 0.15) is 6.04 Å². The van der Waals surface area contributed by atoms with Crippen LogP contribution < -0.4 is 10.6 Å². The summed E-state index contributed by atoms with van der Waals surface area (Å²) in [6.45, 7) is 1.64. The van der Waals surface area contributed by atoms with E-state index in [4.69, 9.17) is 0 Å². The Kier molecular flexibility index (Phi) is 4.22. The number of carbonyl (C=O) groups is 2. The molecule has 2 aliphatic rings. The Bertz CT molecular complexity index is 318. The largest absolute Gasteiger partial charge is 0.467 e. The van der Waals surface area contributed by atoms with E-state index in [0.717, 1.165) is 6.42 Å². The maximum atomic E-state index is 12.0. The van der Waals surface area contributed by atoms with Crippen molar-refractivity contribution < 1.29 is 14.3 Å². The Morgan fingerprint density at radius 1 is 1.33 bits per heavy atom. The van der Waals surface area contributed by atoms with Gasteiger partial charge < -0.3 is 15.4 Å². The first-order valence-corrected chi connectivity index (χ1v) is 6.76. The van der Waals surface area contributed by atoms with Gasteiger partial charge >= 0.3 is 5.97 Å². The van der Waals surface area contributed by atoms with Crippen molar-refractivity contribution in [3.05, 3.63) is 0 Å². The summed E-state index contributed by atoms with van der Waals surface area (Å²) in [4.78, 5) is 23.3. The molecule has 0 aromatic rings. The van der Waals surface area contributed by atoms with Crippen LogP contribution in [-0.2, 0) is 14.3 Å². The minimum absolute atomic E-state index is 0.0812. The summed E-state index contributed by atoms with van der Waals surface area (Å²) in [5.41, 5.74) is 0. The van der Waals surface area contributed by atoms with E-state index in [1.165, 1.54) is 32.8 Å². The lowest BCUT2D eigenvalue weighted by Crippen LogP contribution is -2.48. The van der Waals surface area contributed by atoms with Crippen LogP contribution in [0, 0.1) is 5.92 Å². The van der Waals surface area contributed by atoms with Gasteiger partial charge in [0.15, 0.2) is 0 Å². The molecule has 3 unspecified atom stereocenters. The Morgan fingerprint density at radius 3 is 2.72 bits per heavy atom. The number of amides is 1. The average molecular weight is 254 g/mol. The summed E-state index contributed by atoms with van der Waals surface area (Å²) in [5.74, 6) is 0.143. The van der Waals surface area contributed by atoms with Crippen molar-refractivity contribution in [3.63, 3.8) is 0 Å². The molecule has 0 bridgehead atoms. The number of hydrogen-bond acceptors (Lipinski definition) is 4. The summed E-state index contributed by atoms with van der Waals surface area (Å²) in [6.07, 6.45) is 5.80. The highest BCUT2D eigenvalue weighted by Crippen LogP contribution is 2.33. The lowest BCUT2D eigenvalue weighted by Gasteiger charge is -2.24. The van der Waals surface area contributed by atoms with Crippen LogP contribution in [0.3, 0.4) is 0 Å². The van der Waals surface area contributed by atoms with Crippen molar-refractivity contribution >= 4 is 11.9 Å². The molecule has 1 aliphatic heterocycles. The van der Waals surface area contributed by atoms with Crippen LogP contribution in [0.4, 0.5) is 0 Å². The predicted octanol–water partition coefficient (Wildman–Crippen LogP) is 0.585. The van der Waals surface area contributed by atoms with Gasteiger partial charge in [0.2, 0.25) is 5.91 Å². The minimum Gasteiger partial charge on any atom is -0.467 e. The molecule has 2 N–H and O–H groups in total. The van der Waals surface area contributed by atoms with Crippen molar-refractivity contribution in [1.82, 2.24) is 10.6 Å². The number of nitrogens with one attached hydrogen (secondary N) is 2. The van der Waals surface area contributed by atoms with E-state index in [0.29, 0.717) is 12.0 Å². The number of rotatable bonds is 3. The van der Waals surface area contributed by atoms with Gasteiger partial charge in [-0.15, -0.1) is 0 Å². The third-order valence-electron chi connectivity index (χ3n) is 4.09. The van der Waals surface area contributed by atoms with Crippen LogP contribution >= 0.6 is 0 Å². The second-order valence-electron chi connectivity index (χ2n) is 5.36. The summed E-state index contributed by atoms with van der Waals surface area (Å²) >= 11 is 0. The second-order valence-corrected chi connectivity index (χ2v) is 5.36. The molecule has 18 heavy (non-hydrogen) atoms. The molecule has 2 fully saturated rings. The first-order valence-electron chi connectivity index (χ1n) is 6.76. The van der Waals surface area contributed by atoms with Gasteiger partial charge in [0, 0.05) is 6.04 Å². The number of esters is 1. The molecule has 1 amide bonds. The van der Waals surface area contributed by atoms with E-state index in [9.17, 15) is 9.59 Å². The van der Waals surface area contributed by atoms with E-state index in [-0.39, 0.29) is 11.9 Å². The number of hydrogen-bond donors (Lipinski definition) is 2. The van der Waals surface area contributed by atoms with Gasteiger partial charge in [0.25, 0.3) is 0 Å². The van der Waals surface area contributed by atoms with Crippen LogP contribution in [0.25, 0.3) is 0 Å². The zero-order valence-corrected chi connectivity index (χ0v) is 11.1. The van der Waals surface area contributed by atoms with Crippen LogP contribution in [-0.4, -0.2) is 37.1 Å². The summed E-state index contributed by atoms with van der Waals surface area (Å²) in [6, 6.07) is -0.236. The molecule has 1 aliphatic carbocycles. The SMILES string of the molecule is COC(=O)[C@@H](C)NC(=O)C1CC2CCCCC2N1. The molecule has 0 radical (unpaired) electrons. The molecule has 0 spiro atoms. The van der Waals surface area contributed by atoms with Crippen molar-refractivity contribution in [3.8, 4) is 0 Å². The highest BCUT2D eigenvalue weighted by atomic mass is 16.5. The Morgan fingerprint density at radius 2 is 2.06 bits per heavy atom. The van der Waals surface area contributed by atoms with Gasteiger partial charge in [-0.05, 0) is 32.1 Å². The number of fused-ring (bicyclic) bond motifs is 1. The molecule has 1 heterocycles. The number of ether oxygens (including phenoxy) is 1. The molecule has 2 rings (SSSR count). The first kappa shape index (κ1) is 13.3. The molecule has 1 saturated carbocycles. The summed E-state index contributed by atoms with van der Waals surface area (Å²) in [7, 11) is 1.33. The van der Waals surface area contributed by atoms with Gasteiger partial charge in [-0.3, -0.25) is 4.79 Å². The maximum absolute atomic E-state index is 12.0. The first-order chi connectivity index (χ1) is 8.61. The van der Waals surface area contributed by atoms with E-state index in [1.54, 1.807) is 6.92 Å². The van der Waals surface area contributed by atoms with Crippen molar-refractivity contribution in [2.75, 3.05) is 7.11 Å². The predicted molar refractivity (Wildman–Crippen MR) is 66.9 cm³/mol. The zero-order chi connectivity index (χ0) is 13.1. The maximum Gasteiger partial charge on any atom is 0.328 e. The van der Waals surface area contributed by atoms with Crippen LogP contribution in [0.1, 0.15) is 39.0 Å². The quantitative estimate of drug-likeness (QED) is 0.723. The lowest BCUT2D eigenvalue weighted by molar-refractivity contribution is -0.144. The van der Waals surface area contributed by atoms with Crippen LogP contribution in [0.2, 0.25) is 0 Å². The molecule has 0 aromatic carbocycles. The van der Waals surface area contributed by atoms with Crippen LogP contribution in [0.15, 0.2) is 0 Å². The average Bonchev–Trinajstić information content (AvgIpc) is 2.81. The normalized spacial score (nSPS) is 32.4. The Balaban J connectivity index is 1.85. The Labute approximate surface area is 108 Å². The molecule has 0 aromatic heterocycles. The fourth-order valence-electron chi connectivity index (χ4n) is 3.07. The van der Waals surface area contributed by atoms with Gasteiger partial charge in [-0.25, -0.2) is 4.79 Å². The molecular formula is C13H22N2O3. The van der Waals surface area contributed by atoms with Crippen molar-refractivity contribution in [2.45, 2.75) is 57.2 Å². The summed E-state index contributed by atoms with van der Waals surface area (Å²) < 4.78 is 4.60. The minimum atomic E-state index is -0.577. The molecule has 4 atom stereocenters. The third kappa shape index (κ3) is 2.83. The third-order valence-corrected chi connectivity index (χ3v) is 4.09.